The molecule has 2 fully saturated rings. The summed E-state index contributed by atoms with van der Waals surface area (Å²) < 4.78 is 0. The smallest absolute Gasteiger partial charge is 0.230 e. The second-order valence-corrected chi connectivity index (χ2v) is 13.4. The average molecular weight is 553 g/mol. The van der Waals surface area contributed by atoms with Crippen LogP contribution in [0.3, 0.4) is 0 Å². The molecular formula is C32H44N2O2S2. The molecule has 2 aromatic rings. The van der Waals surface area contributed by atoms with Crippen LogP contribution in [-0.4, -0.2) is 11.8 Å². The van der Waals surface area contributed by atoms with E-state index >= 15 is 0 Å². The van der Waals surface area contributed by atoms with Crippen molar-refractivity contribution in [1.29, 1.82) is 0 Å². The van der Waals surface area contributed by atoms with Gasteiger partial charge in [0.1, 0.15) is 0 Å². The molecule has 0 aromatic heterocycles. The van der Waals surface area contributed by atoms with Crippen molar-refractivity contribution in [1.82, 2.24) is 0 Å². The second-order valence-electron chi connectivity index (χ2n) is 11.2. The third-order valence-corrected chi connectivity index (χ3v) is 11.1. The van der Waals surface area contributed by atoms with E-state index in [4.69, 9.17) is 0 Å². The average Bonchev–Trinajstić information content (AvgIpc) is 2.97. The van der Waals surface area contributed by atoms with Gasteiger partial charge >= 0.3 is 0 Å². The van der Waals surface area contributed by atoms with E-state index in [1.165, 1.54) is 12.8 Å². The maximum atomic E-state index is 13.8. The standard InChI is InChI=1S/C32H44N2O2S2/c1-3-24(4-2)23-32(21-13-6-14-22-32)31(36)34-27-18-10-12-20-29(27)38-37-28-19-11-9-17-26(28)33-30(35)25-15-7-5-8-16-25/h9-12,17-20,24-25H,3-8,13-16,21-23H2,1-2H3,(H,33,35)(H,34,36). The normalized spacial score (nSPS) is 17.8. The molecule has 0 bridgehead atoms. The van der Waals surface area contributed by atoms with E-state index in [1.807, 2.05) is 36.4 Å². The molecule has 0 heterocycles. The zero-order chi connectivity index (χ0) is 26.8. The van der Waals surface area contributed by atoms with Gasteiger partial charge in [-0.25, -0.2) is 0 Å². The minimum Gasteiger partial charge on any atom is -0.325 e. The van der Waals surface area contributed by atoms with E-state index in [9.17, 15) is 9.59 Å². The zero-order valence-electron chi connectivity index (χ0n) is 23.1. The van der Waals surface area contributed by atoms with E-state index in [1.54, 1.807) is 21.6 Å². The lowest BCUT2D eigenvalue weighted by Gasteiger charge is -2.38. The molecule has 6 heteroatoms. The van der Waals surface area contributed by atoms with E-state index < -0.39 is 0 Å². The molecule has 2 aromatic carbocycles. The monoisotopic (exact) mass is 552 g/mol. The van der Waals surface area contributed by atoms with Crippen LogP contribution in [0.25, 0.3) is 0 Å². The number of amides is 2. The number of hydrogen-bond donors (Lipinski definition) is 2. The molecule has 4 rings (SSSR count). The van der Waals surface area contributed by atoms with Gasteiger partial charge in [0.25, 0.3) is 0 Å². The molecule has 2 aliphatic rings. The Balaban J connectivity index is 1.45. The highest BCUT2D eigenvalue weighted by atomic mass is 33.1. The first kappa shape index (κ1) is 29.1. The van der Waals surface area contributed by atoms with Crippen molar-refractivity contribution >= 4 is 44.8 Å². The van der Waals surface area contributed by atoms with Gasteiger partial charge < -0.3 is 10.6 Å². The largest absolute Gasteiger partial charge is 0.325 e. The van der Waals surface area contributed by atoms with E-state index in [0.717, 1.165) is 91.8 Å². The molecule has 0 atom stereocenters. The highest BCUT2D eigenvalue weighted by molar-refractivity contribution is 8.76. The van der Waals surface area contributed by atoms with Crippen LogP contribution in [0.1, 0.15) is 97.3 Å². The fraction of sp³-hybridized carbons (Fsp3) is 0.562. The molecule has 2 N–H and O–H groups in total. The number of carbonyl (C=O) groups is 2. The highest BCUT2D eigenvalue weighted by Crippen LogP contribution is 2.46. The molecule has 0 saturated heterocycles. The predicted molar refractivity (Wildman–Crippen MR) is 163 cm³/mol. The first-order valence-electron chi connectivity index (χ1n) is 14.7. The van der Waals surface area contributed by atoms with Gasteiger partial charge in [-0.3, -0.25) is 9.59 Å². The van der Waals surface area contributed by atoms with Gasteiger partial charge in [-0.1, -0.05) is 111 Å². The van der Waals surface area contributed by atoms with E-state index in [-0.39, 0.29) is 23.1 Å². The Morgan fingerprint density at radius 1 is 0.789 bits per heavy atom. The first-order chi connectivity index (χ1) is 18.5. The molecule has 2 aliphatic carbocycles. The summed E-state index contributed by atoms with van der Waals surface area (Å²) in [4.78, 5) is 28.8. The highest BCUT2D eigenvalue weighted by Gasteiger charge is 2.40. The summed E-state index contributed by atoms with van der Waals surface area (Å²) in [6.45, 7) is 4.50. The Bertz CT molecular complexity index is 1060. The Hall–Kier alpha value is -1.92. The van der Waals surface area contributed by atoms with Crippen molar-refractivity contribution in [3.8, 4) is 0 Å². The van der Waals surface area contributed by atoms with Gasteiger partial charge in [-0.2, -0.15) is 0 Å². The van der Waals surface area contributed by atoms with Crippen LogP contribution in [0.5, 0.6) is 0 Å². The molecular weight excluding hydrogens is 508 g/mol. The molecule has 0 radical (unpaired) electrons. The van der Waals surface area contributed by atoms with Crippen molar-refractivity contribution < 1.29 is 9.59 Å². The lowest BCUT2D eigenvalue weighted by molar-refractivity contribution is -0.128. The number of para-hydroxylation sites is 2. The maximum Gasteiger partial charge on any atom is 0.230 e. The topological polar surface area (TPSA) is 58.2 Å². The van der Waals surface area contributed by atoms with Crippen molar-refractivity contribution in [2.45, 2.75) is 107 Å². The predicted octanol–water partition coefficient (Wildman–Crippen LogP) is 9.72. The lowest BCUT2D eigenvalue weighted by atomic mass is 9.67. The minimum absolute atomic E-state index is 0.123. The molecule has 206 valence electrons. The van der Waals surface area contributed by atoms with Gasteiger partial charge in [0.05, 0.1) is 11.4 Å². The Morgan fingerprint density at radius 2 is 1.32 bits per heavy atom. The maximum absolute atomic E-state index is 13.8. The fourth-order valence-electron chi connectivity index (χ4n) is 6.11. The van der Waals surface area contributed by atoms with Crippen molar-refractivity contribution in [2.75, 3.05) is 10.6 Å². The van der Waals surface area contributed by atoms with Gasteiger partial charge in [-0.05, 0) is 62.3 Å². The molecule has 0 unspecified atom stereocenters. The number of rotatable bonds is 11. The van der Waals surface area contributed by atoms with Gasteiger partial charge in [0, 0.05) is 21.1 Å². The van der Waals surface area contributed by atoms with E-state index in [2.05, 4.69) is 36.6 Å². The molecule has 2 amide bonds. The lowest BCUT2D eigenvalue weighted by Crippen LogP contribution is -2.39. The van der Waals surface area contributed by atoms with Crippen LogP contribution in [0.4, 0.5) is 11.4 Å². The summed E-state index contributed by atoms with van der Waals surface area (Å²) in [7, 11) is 3.27. The van der Waals surface area contributed by atoms with Crippen LogP contribution < -0.4 is 10.6 Å². The quantitative estimate of drug-likeness (QED) is 0.272. The van der Waals surface area contributed by atoms with Crippen LogP contribution in [0, 0.1) is 17.3 Å². The van der Waals surface area contributed by atoms with Crippen LogP contribution >= 0.6 is 21.6 Å². The number of nitrogens with one attached hydrogen (secondary N) is 2. The number of hydrogen-bond acceptors (Lipinski definition) is 4. The number of carbonyl (C=O) groups excluding carboxylic acids is 2. The van der Waals surface area contributed by atoms with Crippen molar-refractivity contribution in [2.24, 2.45) is 17.3 Å². The summed E-state index contributed by atoms with van der Waals surface area (Å²) in [5.74, 6) is 1.06. The third kappa shape index (κ3) is 7.59. The zero-order valence-corrected chi connectivity index (χ0v) is 24.7. The number of benzene rings is 2. The van der Waals surface area contributed by atoms with Crippen LogP contribution in [-0.2, 0) is 9.59 Å². The molecule has 4 nitrogen and oxygen atoms in total. The van der Waals surface area contributed by atoms with Crippen molar-refractivity contribution in [3.63, 3.8) is 0 Å². The third-order valence-electron chi connectivity index (χ3n) is 8.60. The Morgan fingerprint density at radius 3 is 1.89 bits per heavy atom. The first-order valence-corrected chi connectivity index (χ1v) is 16.8. The molecule has 0 spiro atoms. The Kier molecular flexibility index (Phi) is 11.1. The fourth-order valence-corrected chi connectivity index (χ4v) is 8.39. The number of anilines is 2. The summed E-state index contributed by atoms with van der Waals surface area (Å²) >= 11 is 0. The second kappa shape index (κ2) is 14.5. The van der Waals surface area contributed by atoms with Gasteiger partial charge in [0.15, 0.2) is 0 Å². The SMILES string of the molecule is CCC(CC)CC1(C(=O)Nc2ccccc2SSc2ccccc2NC(=O)C2CCCCC2)CCCCC1. The summed E-state index contributed by atoms with van der Waals surface area (Å²) in [5.41, 5.74) is 1.50. The van der Waals surface area contributed by atoms with Crippen molar-refractivity contribution in [3.05, 3.63) is 48.5 Å². The minimum atomic E-state index is -0.254. The van der Waals surface area contributed by atoms with Crippen LogP contribution in [0.15, 0.2) is 58.3 Å². The van der Waals surface area contributed by atoms with Crippen LogP contribution in [0.2, 0.25) is 0 Å². The van der Waals surface area contributed by atoms with E-state index in [0.29, 0.717) is 5.92 Å². The molecule has 38 heavy (non-hydrogen) atoms. The summed E-state index contributed by atoms with van der Waals surface area (Å²) in [6, 6.07) is 16.1. The van der Waals surface area contributed by atoms with Gasteiger partial charge in [-0.15, -0.1) is 0 Å². The summed E-state index contributed by atoms with van der Waals surface area (Å²) in [6.07, 6.45) is 14.3. The molecule has 0 aliphatic heterocycles. The molecule has 2 saturated carbocycles. The Labute approximate surface area is 237 Å². The summed E-state index contributed by atoms with van der Waals surface area (Å²) in [5, 5.41) is 6.56. The van der Waals surface area contributed by atoms with Gasteiger partial charge in [0.2, 0.25) is 11.8 Å².